The van der Waals surface area contributed by atoms with Gasteiger partial charge in [0.05, 0.1) is 17.0 Å². The average molecular weight is 370 g/mol. The Bertz CT molecular complexity index is 927. The fraction of sp³-hybridized carbons (Fsp3) is 0.222. The number of imide groups is 1. The molecule has 26 heavy (non-hydrogen) atoms. The molecule has 3 amide bonds. The molecule has 0 radical (unpaired) electrons. The van der Waals surface area contributed by atoms with Gasteiger partial charge >= 0.3 is 6.03 Å². The van der Waals surface area contributed by atoms with Crippen LogP contribution >= 0.6 is 11.8 Å². The normalized spacial score (nSPS) is 11.9. The Kier molecular flexibility index (Phi) is 5.52. The molecule has 8 heteroatoms. The monoisotopic (exact) mass is 370 g/mol. The van der Waals surface area contributed by atoms with Crippen LogP contribution in [0.25, 0.3) is 22.5 Å². The molecule has 1 aromatic carbocycles. The Morgan fingerprint density at radius 1 is 1.19 bits per heavy atom. The predicted molar refractivity (Wildman–Crippen MR) is 99.8 cm³/mol. The van der Waals surface area contributed by atoms with Crippen molar-refractivity contribution in [1.29, 1.82) is 0 Å². The molecule has 0 unspecified atom stereocenters. The van der Waals surface area contributed by atoms with Crippen molar-refractivity contribution in [2.45, 2.75) is 24.1 Å². The van der Waals surface area contributed by atoms with Gasteiger partial charge in [0, 0.05) is 11.9 Å². The Balaban J connectivity index is 1.89. The molecule has 0 bridgehead atoms. The van der Waals surface area contributed by atoms with E-state index in [1.165, 1.54) is 11.8 Å². The summed E-state index contributed by atoms with van der Waals surface area (Å²) in [4.78, 5) is 32.8. The van der Waals surface area contributed by atoms with Crippen molar-refractivity contribution >= 4 is 34.6 Å². The van der Waals surface area contributed by atoms with Crippen molar-refractivity contribution in [2.75, 3.05) is 6.54 Å². The van der Waals surface area contributed by atoms with E-state index >= 15 is 0 Å². The molecule has 7 nitrogen and oxygen atoms in total. The zero-order chi connectivity index (χ0) is 18.5. The van der Waals surface area contributed by atoms with E-state index in [0.29, 0.717) is 23.2 Å². The second-order valence-corrected chi connectivity index (χ2v) is 6.79. The lowest BCUT2D eigenvalue weighted by Gasteiger charge is -2.13. The van der Waals surface area contributed by atoms with Gasteiger partial charge in [0.1, 0.15) is 5.03 Å². The lowest BCUT2D eigenvalue weighted by atomic mass is 10.2. The number of nitrogens with zero attached hydrogens (tertiary/aromatic N) is 2. The number of rotatable bonds is 5. The molecule has 3 rings (SSSR count). The van der Waals surface area contributed by atoms with Crippen LogP contribution in [0.1, 0.15) is 13.8 Å². The molecule has 2 N–H and O–H groups in total. The maximum Gasteiger partial charge on any atom is 0.321 e. The van der Waals surface area contributed by atoms with Crippen LogP contribution in [-0.4, -0.2) is 33.7 Å². The van der Waals surface area contributed by atoms with Gasteiger partial charge in [0.25, 0.3) is 0 Å². The Morgan fingerprint density at radius 2 is 2.00 bits per heavy atom. The number of fused-ring (bicyclic) bond motifs is 1. The molecule has 0 aliphatic rings. The first-order valence-electron chi connectivity index (χ1n) is 8.14. The lowest BCUT2D eigenvalue weighted by molar-refractivity contribution is -0.119. The number of benzene rings is 1. The third-order valence-electron chi connectivity index (χ3n) is 3.54. The van der Waals surface area contributed by atoms with Gasteiger partial charge in [-0.25, -0.2) is 14.8 Å². The highest BCUT2D eigenvalue weighted by molar-refractivity contribution is 8.00. The summed E-state index contributed by atoms with van der Waals surface area (Å²) in [5.41, 5.74) is 0.757. The van der Waals surface area contributed by atoms with E-state index in [9.17, 15) is 9.59 Å². The Morgan fingerprint density at radius 3 is 2.73 bits per heavy atom. The topological polar surface area (TPSA) is 97.1 Å². The van der Waals surface area contributed by atoms with Crippen molar-refractivity contribution in [1.82, 2.24) is 20.6 Å². The largest absolute Gasteiger partial charge is 0.461 e. The van der Waals surface area contributed by atoms with Gasteiger partial charge in [-0.1, -0.05) is 30.0 Å². The standard InChI is InChI=1S/C18H18N4O3S/c1-3-19-18(24)22-16(23)11(2)26-17-12-7-4-5-8-13(12)20-15(21-17)14-9-6-10-25-14/h4-11H,3H2,1-2H3,(H2,19,22,23,24)/t11-/m1/s1. The van der Waals surface area contributed by atoms with Crippen LogP contribution in [0.3, 0.4) is 0 Å². The van der Waals surface area contributed by atoms with Crippen molar-refractivity contribution in [3.63, 3.8) is 0 Å². The van der Waals surface area contributed by atoms with Gasteiger partial charge in [0.15, 0.2) is 11.6 Å². The second-order valence-electron chi connectivity index (χ2n) is 5.46. The third-order valence-corrected chi connectivity index (χ3v) is 4.64. The third kappa shape index (κ3) is 4.02. The maximum absolute atomic E-state index is 12.2. The quantitative estimate of drug-likeness (QED) is 0.529. The van der Waals surface area contributed by atoms with E-state index in [1.54, 1.807) is 32.2 Å². The first-order chi connectivity index (χ1) is 12.6. The van der Waals surface area contributed by atoms with E-state index in [4.69, 9.17) is 4.42 Å². The summed E-state index contributed by atoms with van der Waals surface area (Å²) in [5.74, 6) is 0.618. The van der Waals surface area contributed by atoms with Crippen LogP contribution < -0.4 is 10.6 Å². The zero-order valence-electron chi connectivity index (χ0n) is 14.4. The van der Waals surface area contributed by atoms with Crippen molar-refractivity contribution in [3.8, 4) is 11.6 Å². The van der Waals surface area contributed by atoms with Gasteiger partial charge in [-0.3, -0.25) is 10.1 Å². The van der Waals surface area contributed by atoms with Crippen molar-refractivity contribution < 1.29 is 14.0 Å². The number of carbonyl (C=O) groups excluding carboxylic acids is 2. The minimum Gasteiger partial charge on any atom is -0.461 e. The molecule has 0 aliphatic heterocycles. The molecule has 2 aromatic heterocycles. The number of thioether (sulfide) groups is 1. The summed E-state index contributed by atoms with van der Waals surface area (Å²) in [5, 5.41) is 5.83. The number of hydrogen-bond donors (Lipinski definition) is 2. The smallest absolute Gasteiger partial charge is 0.321 e. The first-order valence-corrected chi connectivity index (χ1v) is 9.02. The van der Waals surface area contributed by atoms with Gasteiger partial charge in [-0.05, 0) is 32.0 Å². The summed E-state index contributed by atoms with van der Waals surface area (Å²) in [6, 6.07) is 10.6. The molecular weight excluding hydrogens is 352 g/mol. The highest BCUT2D eigenvalue weighted by atomic mass is 32.2. The molecule has 3 aromatic rings. The number of furan rings is 1. The number of hydrogen-bond acceptors (Lipinski definition) is 6. The molecular formula is C18H18N4O3S. The number of carbonyl (C=O) groups is 2. The number of amides is 3. The molecule has 134 valence electrons. The number of urea groups is 1. The minimum absolute atomic E-state index is 0.386. The highest BCUT2D eigenvalue weighted by Crippen LogP contribution is 2.31. The summed E-state index contributed by atoms with van der Waals surface area (Å²) < 4.78 is 5.39. The molecule has 0 aliphatic carbocycles. The SMILES string of the molecule is CCNC(=O)NC(=O)[C@@H](C)Sc1nc(-c2ccco2)nc2ccccc12. The van der Waals surface area contributed by atoms with Gasteiger partial charge in [0.2, 0.25) is 5.91 Å². The van der Waals surface area contributed by atoms with E-state index in [-0.39, 0.29) is 5.91 Å². The zero-order valence-corrected chi connectivity index (χ0v) is 15.2. The summed E-state index contributed by atoms with van der Waals surface area (Å²) in [6.07, 6.45) is 1.56. The molecule has 0 saturated heterocycles. The van der Waals surface area contributed by atoms with Gasteiger partial charge < -0.3 is 9.73 Å². The van der Waals surface area contributed by atoms with E-state index in [1.807, 2.05) is 24.3 Å². The predicted octanol–water partition coefficient (Wildman–Crippen LogP) is 3.22. The lowest BCUT2D eigenvalue weighted by Crippen LogP contribution is -2.42. The molecule has 1 atom stereocenters. The average Bonchev–Trinajstić information content (AvgIpc) is 3.16. The number of para-hydroxylation sites is 1. The Labute approximate surface area is 154 Å². The molecule has 0 saturated carbocycles. The second kappa shape index (κ2) is 8.01. The van der Waals surface area contributed by atoms with Gasteiger partial charge in [-0.2, -0.15) is 0 Å². The van der Waals surface area contributed by atoms with Crippen LogP contribution in [0.5, 0.6) is 0 Å². The van der Waals surface area contributed by atoms with Crippen LogP contribution in [0.4, 0.5) is 4.79 Å². The first kappa shape index (κ1) is 17.9. The van der Waals surface area contributed by atoms with Crippen molar-refractivity contribution in [2.24, 2.45) is 0 Å². The summed E-state index contributed by atoms with van der Waals surface area (Å²) in [6.45, 7) is 3.96. The van der Waals surface area contributed by atoms with Crippen molar-refractivity contribution in [3.05, 3.63) is 42.7 Å². The van der Waals surface area contributed by atoms with E-state index < -0.39 is 11.3 Å². The fourth-order valence-corrected chi connectivity index (χ4v) is 3.23. The van der Waals surface area contributed by atoms with Crippen LogP contribution in [-0.2, 0) is 4.79 Å². The Hall–Kier alpha value is -2.87. The molecule has 0 fully saturated rings. The summed E-state index contributed by atoms with van der Waals surface area (Å²) in [7, 11) is 0. The van der Waals surface area contributed by atoms with E-state index in [2.05, 4.69) is 20.6 Å². The minimum atomic E-state index is -0.514. The number of aromatic nitrogens is 2. The van der Waals surface area contributed by atoms with Crippen LogP contribution in [0.15, 0.2) is 52.1 Å². The van der Waals surface area contributed by atoms with E-state index in [0.717, 1.165) is 10.9 Å². The maximum atomic E-state index is 12.2. The highest BCUT2D eigenvalue weighted by Gasteiger charge is 2.20. The van der Waals surface area contributed by atoms with Gasteiger partial charge in [-0.15, -0.1) is 0 Å². The molecule has 2 heterocycles. The summed E-state index contributed by atoms with van der Waals surface area (Å²) >= 11 is 1.27. The number of nitrogens with one attached hydrogen (secondary N) is 2. The fourth-order valence-electron chi connectivity index (χ4n) is 2.29. The molecule has 0 spiro atoms. The van der Waals surface area contributed by atoms with Crippen LogP contribution in [0, 0.1) is 0 Å². The van der Waals surface area contributed by atoms with Crippen LogP contribution in [0.2, 0.25) is 0 Å².